The van der Waals surface area contributed by atoms with Gasteiger partial charge in [-0.1, -0.05) is 6.92 Å². The van der Waals surface area contributed by atoms with E-state index in [4.69, 9.17) is 20.4 Å². The lowest BCUT2D eigenvalue weighted by molar-refractivity contribution is 0.187. The van der Waals surface area contributed by atoms with Crippen molar-refractivity contribution >= 4 is 22.9 Å². The van der Waals surface area contributed by atoms with E-state index < -0.39 is 0 Å². The Hall–Kier alpha value is -1.93. The van der Waals surface area contributed by atoms with Gasteiger partial charge in [0.15, 0.2) is 17.0 Å². The molecule has 2 fully saturated rings. The molecule has 0 aromatic carbocycles. The highest BCUT2D eigenvalue weighted by Crippen LogP contribution is 2.28. The second kappa shape index (κ2) is 7.75. The van der Waals surface area contributed by atoms with Crippen LogP contribution in [-0.4, -0.2) is 51.4 Å². The second-order valence-corrected chi connectivity index (χ2v) is 7.42. The Morgan fingerprint density at radius 3 is 2.81 bits per heavy atom. The number of hydrogen-bond acceptors (Lipinski definition) is 7. The van der Waals surface area contributed by atoms with Crippen LogP contribution in [0.3, 0.4) is 0 Å². The van der Waals surface area contributed by atoms with E-state index >= 15 is 0 Å². The fourth-order valence-corrected chi connectivity index (χ4v) is 3.80. The van der Waals surface area contributed by atoms with Gasteiger partial charge in [-0.15, -0.1) is 0 Å². The van der Waals surface area contributed by atoms with Gasteiger partial charge in [-0.3, -0.25) is 0 Å². The topological polar surface area (TPSA) is 103 Å². The molecule has 1 atom stereocenters. The van der Waals surface area contributed by atoms with Gasteiger partial charge in [-0.05, 0) is 38.5 Å². The summed E-state index contributed by atoms with van der Waals surface area (Å²) < 4.78 is 7.69. The molecular weight excluding hydrogens is 330 g/mol. The standard InChI is InChI=1S/C18H29N7O/c1-2-8-20-16-15-17(25(11-21-15)14-7-9-26-10-14)24-18(23-16)22-13-5-3-12(19)4-6-13/h11-14H,2-10,19H2,1H3,(H2,20,22,23,24)/t12-,13-,14?. The van der Waals surface area contributed by atoms with Crippen LogP contribution < -0.4 is 16.4 Å². The van der Waals surface area contributed by atoms with Gasteiger partial charge in [0.1, 0.15) is 0 Å². The van der Waals surface area contributed by atoms with Crippen molar-refractivity contribution in [3.63, 3.8) is 0 Å². The summed E-state index contributed by atoms with van der Waals surface area (Å²) in [6.45, 7) is 4.52. The lowest BCUT2D eigenvalue weighted by Gasteiger charge is -2.27. The molecule has 1 saturated carbocycles. The maximum absolute atomic E-state index is 6.03. The molecule has 4 rings (SSSR count). The fourth-order valence-electron chi connectivity index (χ4n) is 3.80. The molecule has 0 bridgehead atoms. The Morgan fingerprint density at radius 1 is 1.23 bits per heavy atom. The first-order chi connectivity index (χ1) is 12.7. The van der Waals surface area contributed by atoms with Crippen LogP contribution in [0, 0.1) is 0 Å². The number of imidazole rings is 1. The average molecular weight is 359 g/mol. The molecule has 1 aliphatic carbocycles. The minimum atomic E-state index is 0.300. The van der Waals surface area contributed by atoms with E-state index in [0.29, 0.717) is 24.1 Å². The Kier molecular flexibility index (Phi) is 5.21. The minimum absolute atomic E-state index is 0.300. The van der Waals surface area contributed by atoms with Crippen molar-refractivity contribution < 1.29 is 4.74 Å². The van der Waals surface area contributed by atoms with E-state index in [2.05, 4.69) is 27.1 Å². The van der Waals surface area contributed by atoms with Crippen molar-refractivity contribution in [2.75, 3.05) is 30.4 Å². The van der Waals surface area contributed by atoms with E-state index in [1.165, 1.54) is 0 Å². The van der Waals surface area contributed by atoms with Crippen LogP contribution in [0.1, 0.15) is 51.5 Å². The third-order valence-electron chi connectivity index (χ3n) is 5.37. The van der Waals surface area contributed by atoms with Crippen LogP contribution in [0.4, 0.5) is 11.8 Å². The molecule has 2 aromatic rings. The molecule has 0 spiro atoms. The van der Waals surface area contributed by atoms with Gasteiger partial charge >= 0.3 is 0 Å². The summed E-state index contributed by atoms with van der Waals surface area (Å²) in [5, 5.41) is 6.94. The molecule has 1 saturated heterocycles. The normalized spacial score (nSPS) is 26.3. The number of rotatable bonds is 6. The number of nitrogens with one attached hydrogen (secondary N) is 2. The predicted octanol–water partition coefficient (Wildman–Crippen LogP) is 2.29. The third kappa shape index (κ3) is 3.61. The second-order valence-electron chi connectivity index (χ2n) is 7.42. The maximum Gasteiger partial charge on any atom is 0.227 e. The smallest absolute Gasteiger partial charge is 0.227 e. The molecule has 3 heterocycles. The lowest BCUT2D eigenvalue weighted by Crippen LogP contribution is -2.33. The summed E-state index contributed by atoms with van der Waals surface area (Å²) in [7, 11) is 0. The quantitative estimate of drug-likeness (QED) is 0.727. The number of anilines is 2. The number of aromatic nitrogens is 4. The zero-order valence-electron chi connectivity index (χ0n) is 15.4. The van der Waals surface area contributed by atoms with Crippen molar-refractivity contribution in [3.05, 3.63) is 6.33 Å². The van der Waals surface area contributed by atoms with Crippen LogP contribution in [0.15, 0.2) is 6.33 Å². The highest BCUT2D eigenvalue weighted by molar-refractivity contribution is 5.84. The van der Waals surface area contributed by atoms with Crippen molar-refractivity contribution in [1.82, 2.24) is 19.5 Å². The molecule has 2 aromatic heterocycles. The average Bonchev–Trinajstić information content (AvgIpc) is 3.31. The Balaban J connectivity index is 1.64. The van der Waals surface area contributed by atoms with Crippen LogP contribution in [0.5, 0.6) is 0 Å². The number of hydrogen-bond donors (Lipinski definition) is 3. The number of nitrogens with zero attached hydrogens (tertiary/aromatic N) is 4. The Morgan fingerprint density at radius 2 is 2.08 bits per heavy atom. The summed E-state index contributed by atoms with van der Waals surface area (Å²) >= 11 is 0. The van der Waals surface area contributed by atoms with Crippen LogP contribution in [0.25, 0.3) is 11.2 Å². The molecule has 8 nitrogen and oxygen atoms in total. The summed E-state index contributed by atoms with van der Waals surface area (Å²) in [5.41, 5.74) is 7.74. The summed E-state index contributed by atoms with van der Waals surface area (Å²) in [4.78, 5) is 14.1. The van der Waals surface area contributed by atoms with Crippen LogP contribution in [-0.2, 0) is 4.74 Å². The Labute approximate surface area is 153 Å². The van der Waals surface area contributed by atoms with Crippen molar-refractivity contribution in [3.8, 4) is 0 Å². The SMILES string of the molecule is CCCNc1nc(N[C@H]2CC[C@H](N)CC2)nc2c1ncn2C1CCOC1. The minimum Gasteiger partial charge on any atom is -0.379 e. The molecule has 8 heteroatoms. The van der Waals surface area contributed by atoms with E-state index in [1.807, 2.05) is 6.33 Å². The first-order valence-corrected chi connectivity index (χ1v) is 9.83. The van der Waals surface area contributed by atoms with Crippen LogP contribution in [0.2, 0.25) is 0 Å². The summed E-state index contributed by atoms with van der Waals surface area (Å²) in [5.74, 6) is 1.49. The van der Waals surface area contributed by atoms with Gasteiger partial charge in [-0.2, -0.15) is 9.97 Å². The third-order valence-corrected chi connectivity index (χ3v) is 5.37. The maximum atomic E-state index is 6.03. The largest absolute Gasteiger partial charge is 0.379 e. The van der Waals surface area contributed by atoms with Crippen molar-refractivity contribution in [2.24, 2.45) is 5.73 Å². The predicted molar refractivity (Wildman–Crippen MR) is 102 cm³/mol. The first kappa shape index (κ1) is 17.5. The molecule has 26 heavy (non-hydrogen) atoms. The van der Waals surface area contributed by atoms with E-state index in [9.17, 15) is 0 Å². The monoisotopic (exact) mass is 359 g/mol. The molecule has 1 unspecified atom stereocenters. The van der Waals surface area contributed by atoms with Gasteiger partial charge in [0.05, 0.1) is 19.0 Å². The highest BCUT2D eigenvalue weighted by atomic mass is 16.5. The number of ether oxygens (including phenoxy) is 1. The lowest BCUT2D eigenvalue weighted by atomic mass is 9.92. The number of nitrogens with two attached hydrogens (primary N) is 1. The zero-order valence-corrected chi connectivity index (χ0v) is 15.4. The fraction of sp³-hybridized carbons (Fsp3) is 0.722. The molecule has 0 radical (unpaired) electrons. The first-order valence-electron chi connectivity index (χ1n) is 9.83. The Bertz CT molecular complexity index is 732. The van der Waals surface area contributed by atoms with E-state index in [-0.39, 0.29) is 0 Å². The zero-order chi connectivity index (χ0) is 17.9. The van der Waals surface area contributed by atoms with Gasteiger partial charge in [0.2, 0.25) is 5.95 Å². The molecule has 1 aliphatic heterocycles. The molecule has 4 N–H and O–H groups in total. The van der Waals surface area contributed by atoms with Crippen LogP contribution >= 0.6 is 0 Å². The van der Waals surface area contributed by atoms with E-state index in [1.54, 1.807) is 0 Å². The number of fused-ring (bicyclic) bond motifs is 1. The summed E-state index contributed by atoms with van der Waals surface area (Å²) in [6.07, 6.45) is 8.14. The van der Waals surface area contributed by atoms with Crippen molar-refractivity contribution in [2.45, 2.75) is 63.6 Å². The van der Waals surface area contributed by atoms with Gasteiger partial charge in [-0.25, -0.2) is 4.98 Å². The molecule has 2 aliphatic rings. The van der Waals surface area contributed by atoms with Gasteiger partial charge in [0, 0.05) is 25.2 Å². The van der Waals surface area contributed by atoms with Gasteiger partial charge < -0.3 is 25.7 Å². The molecule has 0 amide bonds. The van der Waals surface area contributed by atoms with Gasteiger partial charge in [0.25, 0.3) is 0 Å². The molecule has 142 valence electrons. The van der Waals surface area contributed by atoms with E-state index in [0.717, 1.165) is 75.3 Å². The summed E-state index contributed by atoms with van der Waals surface area (Å²) in [6, 6.07) is 1.02. The highest BCUT2D eigenvalue weighted by Gasteiger charge is 2.24. The van der Waals surface area contributed by atoms with Crippen molar-refractivity contribution in [1.29, 1.82) is 0 Å². The molecular formula is C18H29N7O.